The second-order valence-corrected chi connectivity index (χ2v) is 7.05. The van der Waals surface area contributed by atoms with Crippen LogP contribution < -0.4 is 20.5 Å². The molecule has 0 fully saturated rings. The number of hydrogen-bond acceptors (Lipinski definition) is 4. The van der Waals surface area contributed by atoms with Crippen molar-refractivity contribution >= 4 is 32.7 Å². The van der Waals surface area contributed by atoms with Crippen LogP contribution in [0.25, 0.3) is 11.0 Å². The molecular weight excluding hydrogens is 398 g/mol. The maximum Gasteiger partial charge on any atom is 0.323 e. The third-order valence-corrected chi connectivity index (χ3v) is 4.32. The van der Waals surface area contributed by atoms with Crippen molar-refractivity contribution in [2.24, 2.45) is 0 Å². The summed E-state index contributed by atoms with van der Waals surface area (Å²) < 4.78 is 12.5. The molecule has 3 rings (SSSR count). The van der Waals surface area contributed by atoms with Crippen LogP contribution in [0, 0.1) is 0 Å². The van der Waals surface area contributed by atoms with Gasteiger partial charge in [-0.1, -0.05) is 0 Å². The monoisotopic (exact) mass is 419 g/mol. The van der Waals surface area contributed by atoms with Crippen LogP contribution in [-0.4, -0.2) is 22.7 Å². The van der Waals surface area contributed by atoms with Gasteiger partial charge >= 0.3 is 5.69 Å². The summed E-state index contributed by atoms with van der Waals surface area (Å²) >= 11 is 3.58. The topological polar surface area (TPSA) is 79.1 Å². The third-order valence-electron chi connectivity index (χ3n) is 3.74. The van der Waals surface area contributed by atoms with Gasteiger partial charge in [-0.15, -0.1) is 0 Å². The van der Waals surface area contributed by atoms with Crippen molar-refractivity contribution in [2.45, 2.75) is 33.4 Å². The molecule has 0 radical (unpaired) electrons. The van der Waals surface area contributed by atoms with Gasteiger partial charge in [0.2, 0.25) is 0 Å². The molecule has 0 atom stereocenters. The zero-order valence-electron chi connectivity index (χ0n) is 15.0. The zero-order chi connectivity index (χ0) is 18.7. The molecule has 0 aliphatic carbocycles. The summed E-state index contributed by atoms with van der Waals surface area (Å²) in [4.78, 5) is 16.9. The lowest BCUT2D eigenvalue weighted by molar-refractivity contribution is 0.222. The van der Waals surface area contributed by atoms with Gasteiger partial charge in [-0.3, -0.25) is 0 Å². The lowest BCUT2D eigenvalue weighted by Crippen LogP contribution is -2.09. The maximum atomic E-state index is 11.4. The minimum atomic E-state index is -0.205. The van der Waals surface area contributed by atoms with Crippen molar-refractivity contribution in [1.29, 1.82) is 0 Å². The first-order chi connectivity index (χ1) is 12.5. The number of benzene rings is 2. The molecule has 0 aliphatic rings. The van der Waals surface area contributed by atoms with Crippen molar-refractivity contribution in [2.75, 3.05) is 11.9 Å². The first-order valence-corrected chi connectivity index (χ1v) is 9.33. The SMILES string of the molecule is CCOc1cc(CNc2ccc3[nH]c(=O)[nH]c3c2)cc(Br)c1OC(C)C. The smallest absolute Gasteiger partial charge is 0.323 e. The minimum Gasteiger partial charge on any atom is -0.490 e. The highest BCUT2D eigenvalue weighted by Gasteiger charge is 2.13. The lowest BCUT2D eigenvalue weighted by atomic mass is 10.2. The standard InChI is InChI=1S/C19H22BrN3O3/c1-4-25-17-8-12(7-14(20)18(17)26-11(2)3)10-21-13-5-6-15-16(9-13)23-19(24)22-15/h5-9,11,21H,4,10H2,1-3H3,(H2,22,23,24). The highest BCUT2D eigenvalue weighted by molar-refractivity contribution is 9.10. The van der Waals surface area contributed by atoms with Crippen molar-refractivity contribution in [3.05, 3.63) is 50.9 Å². The number of rotatable bonds is 7. The van der Waals surface area contributed by atoms with E-state index in [-0.39, 0.29) is 11.8 Å². The van der Waals surface area contributed by atoms with E-state index in [0.29, 0.717) is 13.2 Å². The van der Waals surface area contributed by atoms with Crippen molar-refractivity contribution in [3.63, 3.8) is 0 Å². The number of aromatic nitrogens is 2. The molecule has 1 aromatic heterocycles. The summed E-state index contributed by atoms with van der Waals surface area (Å²) in [5, 5.41) is 3.37. The normalized spacial score (nSPS) is 11.1. The average molecular weight is 420 g/mol. The molecule has 0 spiro atoms. The number of halogens is 1. The number of hydrogen-bond donors (Lipinski definition) is 3. The second kappa shape index (κ2) is 7.86. The Kier molecular flexibility index (Phi) is 5.56. The van der Waals surface area contributed by atoms with E-state index in [4.69, 9.17) is 9.47 Å². The molecular formula is C19H22BrN3O3. The van der Waals surface area contributed by atoms with Gasteiger partial charge in [0.05, 0.1) is 28.2 Å². The number of ether oxygens (including phenoxy) is 2. The summed E-state index contributed by atoms with van der Waals surface area (Å²) in [7, 11) is 0. The van der Waals surface area contributed by atoms with Crippen LogP contribution in [0.1, 0.15) is 26.3 Å². The molecule has 6 nitrogen and oxygen atoms in total. The molecule has 0 amide bonds. The van der Waals surface area contributed by atoms with Gasteiger partial charge in [-0.2, -0.15) is 0 Å². The Morgan fingerprint density at radius 2 is 1.92 bits per heavy atom. The fourth-order valence-corrected chi connectivity index (χ4v) is 3.27. The summed E-state index contributed by atoms with van der Waals surface area (Å²) in [5.74, 6) is 1.44. The Balaban J connectivity index is 1.80. The zero-order valence-corrected chi connectivity index (χ0v) is 16.6. The first kappa shape index (κ1) is 18.4. The molecule has 138 valence electrons. The number of anilines is 1. The predicted octanol–water partition coefficient (Wildman–Crippen LogP) is 4.42. The summed E-state index contributed by atoms with van der Waals surface area (Å²) in [5.41, 5.74) is 3.33. The minimum absolute atomic E-state index is 0.0599. The van der Waals surface area contributed by atoms with Crippen molar-refractivity contribution in [1.82, 2.24) is 9.97 Å². The van der Waals surface area contributed by atoms with Crippen LogP contribution in [0.5, 0.6) is 11.5 Å². The van der Waals surface area contributed by atoms with Crippen LogP contribution in [0.15, 0.2) is 39.6 Å². The number of fused-ring (bicyclic) bond motifs is 1. The highest BCUT2D eigenvalue weighted by atomic mass is 79.9. The van der Waals surface area contributed by atoms with Gasteiger partial charge in [-0.25, -0.2) is 4.79 Å². The molecule has 0 saturated heterocycles. The first-order valence-electron chi connectivity index (χ1n) is 8.54. The van der Waals surface area contributed by atoms with E-state index >= 15 is 0 Å². The number of H-pyrrole nitrogens is 2. The van der Waals surface area contributed by atoms with E-state index in [2.05, 4.69) is 31.2 Å². The van der Waals surface area contributed by atoms with Crippen LogP contribution in [-0.2, 0) is 6.54 Å². The summed E-state index contributed by atoms with van der Waals surface area (Å²) in [6.45, 7) is 7.10. The van der Waals surface area contributed by atoms with Gasteiger partial charge in [-0.05, 0) is 72.6 Å². The van der Waals surface area contributed by atoms with Crippen LogP contribution in [0.3, 0.4) is 0 Å². The Morgan fingerprint density at radius 1 is 1.15 bits per heavy atom. The van der Waals surface area contributed by atoms with Gasteiger partial charge in [0.15, 0.2) is 11.5 Å². The fraction of sp³-hybridized carbons (Fsp3) is 0.316. The van der Waals surface area contributed by atoms with Crippen LogP contribution in [0.2, 0.25) is 0 Å². The molecule has 0 aliphatic heterocycles. The van der Waals surface area contributed by atoms with E-state index in [1.54, 1.807) is 0 Å². The van der Waals surface area contributed by atoms with Crippen molar-refractivity contribution in [3.8, 4) is 11.5 Å². The number of aromatic amines is 2. The number of imidazole rings is 1. The molecule has 0 unspecified atom stereocenters. The maximum absolute atomic E-state index is 11.4. The van der Waals surface area contributed by atoms with E-state index in [1.807, 2.05) is 51.1 Å². The second-order valence-electron chi connectivity index (χ2n) is 6.20. The average Bonchev–Trinajstić information content (AvgIpc) is 2.95. The van der Waals surface area contributed by atoms with Gasteiger partial charge in [0.1, 0.15) is 0 Å². The third kappa shape index (κ3) is 4.22. The Morgan fingerprint density at radius 3 is 2.65 bits per heavy atom. The molecule has 7 heteroatoms. The van der Waals surface area contributed by atoms with Crippen LogP contribution >= 0.6 is 15.9 Å². The summed E-state index contributed by atoms with van der Waals surface area (Å²) in [6, 6.07) is 9.71. The molecule has 3 N–H and O–H groups in total. The molecule has 0 bridgehead atoms. The van der Waals surface area contributed by atoms with Crippen LogP contribution in [0.4, 0.5) is 5.69 Å². The van der Waals surface area contributed by atoms with Gasteiger partial charge in [0, 0.05) is 12.2 Å². The Hall–Kier alpha value is -2.41. The number of nitrogens with one attached hydrogen (secondary N) is 3. The molecule has 0 saturated carbocycles. The van der Waals surface area contributed by atoms with E-state index < -0.39 is 0 Å². The predicted molar refractivity (Wildman–Crippen MR) is 107 cm³/mol. The Bertz CT molecular complexity index is 962. The van der Waals surface area contributed by atoms with E-state index in [0.717, 1.165) is 38.3 Å². The quantitative estimate of drug-likeness (QED) is 0.529. The Labute approximate surface area is 160 Å². The van der Waals surface area contributed by atoms with Gasteiger partial charge < -0.3 is 24.8 Å². The molecule has 2 aromatic carbocycles. The molecule has 1 heterocycles. The molecule has 3 aromatic rings. The largest absolute Gasteiger partial charge is 0.490 e. The van der Waals surface area contributed by atoms with Gasteiger partial charge in [0.25, 0.3) is 0 Å². The van der Waals surface area contributed by atoms with Crippen molar-refractivity contribution < 1.29 is 9.47 Å². The fourth-order valence-electron chi connectivity index (χ4n) is 2.68. The molecule has 26 heavy (non-hydrogen) atoms. The van der Waals surface area contributed by atoms with E-state index in [9.17, 15) is 4.79 Å². The van der Waals surface area contributed by atoms with E-state index in [1.165, 1.54) is 0 Å². The summed E-state index contributed by atoms with van der Waals surface area (Å²) in [6.07, 6.45) is 0.0599. The lowest BCUT2D eigenvalue weighted by Gasteiger charge is -2.18. The highest BCUT2D eigenvalue weighted by Crippen LogP contribution is 2.37.